The molecule has 1 aliphatic rings. The zero-order chi connectivity index (χ0) is 10.0. The van der Waals surface area contributed by atoms with Gasteiger partial charge in [0.05, 0.1) is 5.76 Å². The molecular formula is C12H22O. The summed E-state index contributed by atoms with van der Waals surface area (Å²) in [7, 11) is 0. The lowest BCUT2D eigenvalue weighted by molar-refractivity contribution is 0.195. The van der Waals surface area contributed by atoms with Crippen LogP contribution in [0.4, 0.5) is 0 Å². The van der Waals surface area contributed by atoms with E-state index in [0.717, 1.165) is 24.7 Å². The van der Waals surface area contributed by atoms with Crippen LogP contribution in [0.3, 0.4) is 0 Å². The molecule has 0 fully saturated rings. The van der Waals surface area contributed by atoms with Crippen LogP contribution in [0.1, 0.15) is 40.5 Å². The fourth-order valence-corrected chi connectivity index (χ4v) is 2.12. The molecule has 0 bridgehead atoms. The summed E-state index contributed by atoms with van der Waals surface area (Å²) in [4.78, 5) is 0. The third-order valence-corrected chi connectivity index (χ3v) is 3.31. The topological polar surface area (TPSA) is 20.2 Å². The molecular weight excluding hydrogens is 160 g/mol. The van der Waals surface area contributed by atoms with Gasteiger partial charge in [0.2, 0.25) is 0 Å². The quantitative estimate of drug-likeness (QED) is 0.689. The first kappa shape index (κ1) is 10.6. The van der Waals surface area contributed by atoms with E-state index >= 15 is 0 Å². The molecule has 13 heavy (non-hydrogen) atoms. The van der Waals surface area contributed by atoms with Gasteiger partial charge in [0.1, 0.15) is 0 Å². The van der Waals surface area contributed by atoms with E-state index in [4.69, 9.17) is 0 Å². The Kier molecular flexibility index (Phi) is 3.40. The summed E-state index contributed by atoms with van der Waals surface area (Å²) in [6, 6.07) is 0. The summed E-state index contributed by atoms with van der Waals surface area (Å²) in [6.07, 6.45) is 4.25. The molecule has 1 N–H and O–H groups in total. The van der Waals surface area contributed by atoms with Crippen molar-refractivity contribution < 1.29 is 5.11 Å². The molecule has 1 nitrogen and oxygen atoms in total. The Morgan fingerprint density at radius 3 is 2.31 bits per heavy atom. The van der Waals surface area contributed by atoms with Crippen molar-refractivity contribution >= 4 is 0 Å². The van der Waals surface area contributed by atoms with Gasteiger partial charge in [0.15, 0.2) is 0 Å². The van der Waals surface area contributed by atoms with Crippen LogP contribution in [0, 0.1) is 23.7 Å². The van der Waals surface area contributed by atoms with Crippen molar-refractivity contribution in [1.82, 2.24) is 0 Å². The summed E-state index contributed by atoms with van der Waals surface area (Å²) in [5.74, 6) is 3.11. The average Bonchev–Trinajstić information content (AvgIpc) is 2.04. The van der Waals surface area contributed by atoms with E-state index in [1.54, 1.807) is 0 Å². The largest absolute Gasteiger partial charge is 0.512 e. The Morgan fingerprint density at radius 1 is 1.23 bits per heavy atom. The lowest BCUT2D eigenvalue weighted by Crippen LogP contribution is -2.23. The summed E-state index contributed by atoms with van der Waals surface area (Å²) >= 11 is 0. The minimum absolute atomic E-state index is 0.404. The zero-order valence-corrected chi connectivity index (χ0v) is 9.25. The van der Waals surface area contributed by atoms with Crippen LogP contribution in [-0.4, -0.2) is 5.11 Å². The highest BCUT2D eigenvalue weighted by molar-refractivity contribution is 5.04. The van der Waals surface area contributed by atoms with Crippen molar-refractivity contribution in [3.05, 3.63) is 11.8 Å². The molecule has 0 aromatic heterocycles. The first-order valence-electron chi connectivity index (χ1n) is 5.41. The average molecular weight is 182 g/mol. The van der Waals surface area contributed by atoms with Gasteiger partial charge in [-0.05, 0) is 36.7 Å². The van der Waals surface area contributed by atoms with Crippen LogP contribution < -0.4 is 0 Å². The number of aliphatic hydroxyl groups is 1. The second-order valence-corrected chi connectivity index (χ2v) is 4.96. The van der Waals surface area contributed by atoms with Gasteiger partial charge >= 0.3 is 0 Å². The fraction of sp³-hybridized carbons (Fsp3) is 0.833. The lowest BCUT2D eigenvalue weighted by Gasteiger charge is -2.31. The third kappa shape index (κ3) is 2.49. The van der Waals surface area contributed by atoms with Gasteiger partial charge in [-0.15, -0.1) is 0 Å². The maximum Gasteiger partial charge on any atom is 0.0916 e. The maximum atomic E-state index is 9.70. The lowest BCUT2D eigenvalue weighted by atomic mass is 9.75. The molecule has 0 radical (unpaired) electrons. The van der Waals surface area contributed by atoms with E-state index < -0.39 is 0 Å². The Bertz CT molecular complexity index is 191. The van der Waals surface area contributed by atoms with Crippen LogP contribution in [0.2, 0.25) is 0 Å². The maximum absolute atomic E-state index is 9.70. The number of hydrogen-bond donors (Lipinski definition) is 1. The molecule has 76 valence electrons. The normalized spacial score (nSPS) is 29.5. The number of rotatable bonds is 2. The van der Waals surface area contributed by atoms with Gasteiger partial charge in [-0.3, -0.25) is 0 Å². The molecule has 0 aliphatic heterocycles. The van der Waals surface area contributed by atoms with Gasteiger partial charge in [-0.2, -0.15) is 0 Å². The Hall–Kier alpha value is -0.460. The predicted octanol–water partition coefficient (Wildman–Crippen LogP) is 3.77. The number of allylic oxidation sites excluding steroid dienone is 2. The molecule has 0 heterocycles. The molecule has 0 aromatic rings. The molecule has 1 rings (SSSR count). The van der Waals surface area contributed by atoms with E-state index in [1.165, 1.54) is 0 Å². The second kappa shape index (κ2) is 4.17. The van der Waals surface area contributed by atoms with Crippen molar-refractivity contribution in [2.75, 3.05) is 0 Å². The molecule has 0 amide bonds. The molecule has 2 unspecified atom stereocenters. The molecule has 0 saturated carbocycles. The van der Waals surface area contributed by atoms with Gasteiger partial charge in [0.25, 0.3) is 0 Å². The third-order valence-electron chi connectivity index (χ3n) is 3.31. The van der Waals surface area contributed by atoms with Gasteiger partial charge in [-0.25, -0.2) is 0 Å². The molecule has 0 aromatic carbocycles. The number of aliphatic hydroxyl groups excluding tert-OH is 1. The Labute approximate surface area is 81.9 Å². The van der Waals surface area contributed by atoms with Crippen molar-refractivity contribution in [2.24, 2.45) is 23.7 Å². The monoisotopic (exact) mass is 182 g/mol. The van der Waals surface area contributed by atoms with Crippen molar-refractivity contribution in [3.8, 4) is 0 Å². The molecule has 0 spiro atoms. The second-order valence-electron chi connectivity index (χ2n) is 4.96. The van der Waals surface area contributed by atoms with E-state index in [1.807, 2.05) is 6.08 Å². The first-order chi connectivity index (χ1) is 6.02. The Balaban J connectivity index is 2.66. The SMILES string of the molecule is CC(C)C1CC=C(O)C(C(C)C)C1. The van der Waals surface area contributed by atoms with Gasteiger partial charge in [0, 0.05) is 5.92 Å². The molecule has 2 atom stereocenters. The number of hydrogen-bond acceptors (Lipinski definition) is 1. The van der Waals surface area contributed by atoms with E-state index in [2.05, 4.69) is 27.7 Å². The van der Waals surface area contributed by atoms with E-state index in [9.17, 15) is 5.11 Å². The van der Waals surface area contributed by atoms with Crippen LogP contribution >= 0.6 is 0 Å². The van der Waals surface area contributed by atoms with Crippen molar-refractivity contribution in [3.63, 3.8) is 0 Å². The summed E-state index contributed by atoms with van der Waals surface area (Å²) in [5.41, 5.74) is 0. The summed E-state index contributed by atoms with van der Waals surface area (Å²) < 4.78 is 0. The molecule has 1 aliphatic carbocycles. The summed E-state index contributed by atoms with van der Waals surface area (Å²) in [6.45, 7) is 8.94. The van der Waals surface area contributed by atoms with Gasteiger partial charge < -0.3 is 5.11 Å². The zero-order valence-electron chi connectivity index (χ0n) is 9.25. The summed E-state index contributed by atoms with van der Waals surface area (Å²) in [5, 5.41) is 9.70. The highest BCUT2D eigenvalue weighted by atomic mass is 16.3. The van der Waals surface area contributed by atoms with Crippen LogP contribution in [-0.2, 0) is 0 Å². The minimum Gasteiger partial charge on any atom is -0.512 e. The van der Waals surface area contributed by atoms with Crippen LogP contribution in [0.15, 0.2) is 11.8 Å². The standard InChI is InChI=1S/C12H22O/c1-8(2)10-5-6-12(13)11(7-10)9(3)4/h6,8-11,13H,5,7H2,1-4H3. The van der Waals surface area contributed by atoms with E-state index in [0.29, 0.717) is 17.6 Å². The van der Waals surface area contributed by atoms with Crippen LogP contribution in [0.25, 0.3) is 0 Å². The van der Waals surface area contributed by atoms with Crippen molar-refractivity contribution in [2.45, 2.75) is 40.5 Å². The van der Waals surface area contributed by atoms with Crippen LogP contribution in [0.5, 0.6) is 0 Å². The molecule has 1 heteroatoms. The van der Waals surface area contributed by atoms with Crippen molar-refractivity contribution in [1.29, 1.82) is 0 Å². The van der Waals surface area contributed by atoms with E-state index in [-0.39, 0.29) is 0 Å². The Morgan fingerprint density at radius 2 is 1.85 bits per heavy atom. The molecule has 0 saturated heterocycles. The minimum atomic E-state index is 0.404. The smallest absolute Gasteiger partial charge is 0.0916 e. The first-order valence-corrected chi connectivity index (χ1v) is 5.41. The fourth-order valence-electron chi connectivity index (χ4n) is 2.12. The van der Waals surface area contributed by atoms with Gasteiger partial charge in [-0.1, -0.05) is 27.7 Å². The highest BCUT2D eigenvalue weighted by Gasteiger charge is 2.27. The predicted molar refractivity (Wildman–Crippen MR) is 56.6 cm³/mol. The highest BCUT2D eigenvalue weighted by Crippen LogP contribution is 2.36.